The fourth-order valence-corrected chi connectivity index (χ4v) is 3.37. The lowest BCUT2D eigenvalue weighted by molar-refractivity contribution is 0.0501. The number of hydrogen-bond donors (Lipinski definition) is 0. The van der Waals surface area contributed by atoms with Crippen LogP contribution in [-0.2, 0) is 11.3 Å². The van der Waals surface area contributed by atoms with Crippen LogP contribution in [0.3, 0.4) is 0 Å². The van der Waals surface area contributed by atoms with E-state index in [1.165, 1.54) is 0 Å². The number of ether oxygens (including phenoxy) is 3. The molecule has 4 rings (SSSR count). The van der Waals surface area contributed by atoms with Crippen LogP contribution in [0.2, 0.25) is 0 Å². The van der Waals surface area contributed by atoms with Crippen LogP contribution in [0.4, 0.5) is 0 Å². The van der Waals surface area contributed by atoms with E-state index in [1.807, 2.05) is 29.2 Å². The molecule has 2 aliphatic rings. The zero-order chi connectivity index (χ0) is 17.8. The van der Waals surface area contributed by atoms with E-state index in [0.29, 0.717) is 43.4 Å². The molecule has 136 valence electrons. The van der Waals surface area contributed by atoms with Gasteiger partial charge in [0.05, 0.1) is 11.7 Å². The van der Waals surface area contributed by atoms with E-state index >= 15 is 0 Å². The topological polar surface area (TPSA) is 60.9 Å². The summed E-state index contributed by atoms with van der Waals surface area (Å²) in [5.41, 5.74) is 1.57. The third-order valence-corrected chi connectivity index (χ3v) is 4.65. The lowest BCUT2D eigenvalue weighted by Crippen LogP contribution is -2.37. The van der Waals surface area contributed by atoms with Gasteiger partial charge in [0.15, 0.2) is 11.5 Å². The van der Waals surface area contributed by atoms with Gasteiger partial charge < -0.3 is 19.1 Å². The molecule has 0 N–H and O–H groups in total. The molecule has 2 aromatic rings. The minimum Gasteiger partial charge on any atom is -0.486 e. The third-order valence-electron chi connectivity index (χ3n) is 4.65. The molecule has 0 bridgehead atoms. The van der Waals surface area contributed by atoms with Gasteiger partial charge in [-0.25, -0.2) is 0 Å². The van der Waals surface area contributed by atoms with Gasteiger partial charge in [0.2, 0.25) is 0 Å². The Kier molecular flexibility index (Phi) is 5.02. The van der Waals surface area contributed by atoms with Gasteiger partial charge in [0.1, 0.15) is 13.2 Å². The van der Waals surface area contributed by atoms with Gasteiger partial charge >= 0.3 is 0 Å². The van der Waals surface area contributed by atoms with E-state index in [9.17, 15) is 4.79 Å². The fourth-order valence-electron chi connectivity index (χ4n) is 3.37. The summed E-state index contributed by atoms with van der Waals surface area (Å²) in [6.07, 6.45) is 5.58. The van der Waals surface area contributed by atoms with E-state index in [0.717, 1.165) is 25.0 Å². The van der Waals surface area contributed by atoms with Gasteiger partial charge in [-0.15, -0.1) is 0 Å². The SMILES string of the molecule is O=C(c1cccc2c1OCCO2)N(Cc1ccncc1)C[C@@H]1CCCO1. The Labute approximate surface area is 152 Å². The maximum absolute atomic E-state index is 13.3. The number of rotatable bonds is 5. The molecule has 0 radical (unpaired) electrons. The quantitative estimate of drug-likeness (QED) is 0.826. The first-order valence-electron chi connectivity index (χ1n) is 8.99. The Bertz CT molecular complexity index is 760. The van der Waals surface area contributed by atoms with Crippen molar-refractivity contribution in [2.75, 3.05) is 26.4 Å². The predicted octanol–water partition coefficient (Wildman–Crippen LogP) is 2.67. The average Bonchev–Trinajstić information content (AvgIpc) is 3.20. The van der Waals surface area contributed by atoms with Gasteiger partial charge in [0.25, 0.3) is 5.91 Å². The first-order valence-corrected chi connectivity index (χ1v) is 8.99. The zero-order valence-corrected chi connectivity index (χ0v) is 14.6. The van der Waals surface area contributed by atoms with Crippen LogP contribution in [-0.4, -0.2) is 48.3 Å². The predicted molar refractivity (Wildman–Crippen MR) is 95.4 cm³/mol. The summed E-state index contributed by atoms with van der Waals surface area (Å²) in [6, 6.07) is 9.31. The number of benzene rings is 1. The number of hydrogen-bond acceptors (Lipinski definition) is 5. The number of fused-ring (bicyclic) bond motifs is 1. The largest absolute Gasteiger partial charge is 0.486 e. The van der Waals surface area contributed by atoms with Crippen molar-refractivity contribution in [2.24, 2.45) is 0 Å². The number of carbonyl (C=O) groups is 1. The van der Waals surface area contributed by atoms with Gasteiger partial charge in [-0.2, -0.15) is 0 Å². The number of nitrogens with zero attached hydrogens (tertiary/aromatic N) is 2. The highest BCUT2D eigenvalue weighted by molar-refractivity contribution is 5.98. The van der Waals surface area contributed by atoms with Crippen LogP contribution in [0.25, 0.3) is 0 Å². The number of amides is 1. The zero-order valence-electron chi connectivity index (χ0n) is 14.6. The molecule has 0 aliphatic carbocycles. The fraction of sp³-hybridized carbons (Fsp3) is 0.400. The second-order valence-electron chi connectivity index (χ2n) is 6.51. The second-order valence-corrected chi connectivity index (χ2v) is 6.51. The van der Waals surface area contributed by atoms with Gasteiger partial charge in [-0.1, -0.05) is 6.07 Å². The summed E-state index contributed by atoms with van der Waals surface area (Å²) in [5, 5.41) is 0. The molecule has 3 heterocycles. The summed E-state index contributed by atoms with van der Waals surface area (Å²) in [4.78, 5) is 19.2. The highest BCUT2D eigenvalue weighted by Crippen LogP contribution is 2.34. The maximum atomic E-state index is 13.3. The van der Waals surface area contributed by atoms with Crippen LogP contribution in [0.1, 0.15) is 28.8 Å². The van der Waals surface area contributed by atoms with Gasteiger partial charge in [0, 0.05) is 32.1 Å². The van der Waals surface area contributed by atoms with Crippen LogP contribution in [0.5, 0.6) is 11.5 Å². The van der Waals surface area contributed by atoms with Crippen molar-refractivity contribution in [1.29, 1.82) is 0 Å². The monoisotopic (exact) mass is 354 g/mol. The molecule has 1 atom stereocenters. The van der Waals surface area contributed by atoms with Crippen LogP contribution in [0.15, 0.2) is 42.7 Å². The van der Waals surface area contributed by atoms with Crippen LogP contribution < -0.4 is 9.47 Å². The minimum absolute atomic E-state index is 0.0698. The first-order chi connectivity index (χ1) is 12.8. The lowest BCUT2D eigenvalue weighted by atomic mass is 10.1. The highest BCUT2D eigenvalue weighted by atomic mass is 16.6. The molecule has 0 unspecified atom stereocenters. The summed E-state index contributed by atoms with van der Waals surface area (Å²) in [6.45, 7) is 2.78. The molecule has 0 saturated carbocycles. The highest BCUT2D eigenvalue weighted by Gasteiger charge is 2.27. The lowest BCUT2D eigenvalue weighted by Gasteiger charge is -2.28. The van der Waals surface area contributed by atoms with Crippen molar-refractivity contribution >= 4 is 5.91 Å². The standard InChI is InChI=1S/C20H22N2O4/c23-20(17-4-1-5-18-19(17)26-12-11-25-18)22(14-16-3-2-10-24-16)13-15-6-8-21-9-7-15/h1,4-9,16H,2-3,10-14H2/t16-/m0/s1. The number of para-hydroxylation sites is 1. The van der Waals surface area contributed by atoms with Crippen molar-refractivity contribution < 1.29 is 19.0 Å². The number of aromatic nitrogens is 1. The smallest absolute Gasteiger partial charge is 0.258 e. The summed E-state index contributed by atoms with van der Waals surface area (Å²) >= 11 is 0. The molecule has 1 amide bonds. The molecule has 1 aromatic heterocycles. The summed E-state index contributed by atoms with van der Waals surface area (Å²) in [7, 11) is 0. The minimum atomic E-state index is -0.0698. The van der Waals surface area contributed by atoms with Gasteiger partial charge in [-0.3, -0.25) is 9.78 Å². The Morgan fingerprint density at radius 1 is 1.12 bits per heavy atom. The van der Waals surface area contributed by atoms with Crippen molar-refractivity contribution in [2.45, 2.75) is 25.5 Å². The Balaban J connectivity index is 1.61. The number of pyridine rings is 1. The van der Waals surface area contributed by atoms with E-state index in [2.05, 4.69) is 4.98 Å². The Hall–Kier alpha value is -2.60. The van der Waals surface area contributed by atoms with E-state index in [4.69, 9.17) is 14.2 Å². The molecule has 1 fully saturated rings. The van der Waals surface area contributed by atoms with Crippen LogP contribution >= 0.6 is 0 Å². The summed E-state index contributed by atoms with van der Waals surface area (Å²) in [5.74, 6) is 1.10. The normalized spacial score (nSPS) is 18.5. The van der Waals surface area contributed by atoms with E-state index in [-0.39, 0.29) is 12.0 Å². The summed E-state index contributed by atoms with van der Waals surface area (Å²) < 4.78 is 17.1. The van der Waals surface area contributed by atoms with Crippen molar-refractivity contribution in [3.63, 3.8) is 0 Å². The molecule has 0 spiro atoms. The Morgan fingerprint density at radius 3 is 2.77 bits per heavy atom. The second kappa shape index (κ2) is 7.74. The van der Waals surface area contributed by atoms with E-state index in [1.54, 1.807) is 18.5 Å². The Morgan fingerprint density at radius 2 is 1.96 bits per heavy atom. The molecule has 26 heavy (non-hydrogen) atoms. The van der Waals surface area contributed by atoms with Crippen molar-refractivity contribution in [3.05, 3.63) is 53.9 Å². The van der Waals surface area contributed by atoms with Crippen molar-refractivity contribution in [1.82, 2.24) is 9.88 Å². The van der Waals surface area contributed by atoms with Crippen LogP contribution in [0, 0.1) is 0 Å². The number of carbonyl (C=O) groups excluding carboxylic acids is 1. The molecule has 6 heteroatoms. The maximum Gasteiger partial charge on any atom is 0.258 e. The van der Waals surface area contributed by atoms with Crippen molar-refractivity contribution in [3.8, 4) is 11.5 Å². The van der Waals surface area contributed by atoms with E-state index < -0.39 is 0 Å². The van der Waals surface area contributed by atoms with Gasteiger partial charge in [-0.05, 0) is 42.7 Å². The first kappa shape index (κ1) is 16.8. The molecule has 2 aliphatic heterocycles. The molecular weight excluding hydrogens is 332 g/mol. The third kappa shape index (κ3) is 3.65. The molecule has 1 saturated heterocycles. The molecule has 1 aromatic carbocycles. The molecular formula is C20H22N2O4. The molecule has 6 nitrogen and oxygen atoms in total. The average molecular weight is 354 g/mol.